The molecule has 1 aromatic heterocycles. The lowest BCUT2D eigenvalue weighted by Gasteiger charge is -2.36. The summed E-state index contributed by atoms with van der Waals surface area (Å²) in [6.45, 7) is 5.80. The molecule has 7 nitrogen and oxygen atoms in total. The van der Waals surface area contributed by atoms with Gasteiger partial charge in [0.2, 0.25) is 10.0 Å². The SMILES string of the molecule is Cc1[nH]nc(C(=O)O)c1S(=O)(=O)N1CCCC(C)C1C. The van der Waals surface area contributed by atoms with Crippen molar-refractivity contribution < 1.29 is 18.3 Å². The van der Waals surface area contributed by atoms with Gasteiger partial charge in [0.1, 0.15) is 4.90 Å². The van der Waals surface area contributed by atoms with Crippen molar-refractivity contribution in [2.24, 2.45) is 5.92 Å². The first kappa shape index (κ1) is 15.0. The molecule has 1 aliphatic heterocycles. The third-order valence-corrected chi connectivity index (χ3v) is 6.12. The number of carboxylic acid groups (broad SMARTS) is 1. The van der Waals surface area contributed by atoms with Gasteiger partial charge in [0.05, 0.1) is 5.69 Å². The summed E-state index contributed by atoms with van der Waals surface area (Å²) in [5, 5.41) is 15.1. The van der Waals surface area contributed by atoms with E-state index in [9.17, 15) is 13.2 Å². The van der Waals surface area contributed by atoms with Crippen LogP contribution >= 0.6 is 0 Å². The van der Waals surface area contributed by atoms with Crippen molar-refractivity contribution in [3.63, 3.8) is 0 Å². The number of aryl methyl sites for hydroxylation is 1. The number of hydrogen-bond donors (Lipinski definition) is 2. The predicted molar refractivity (Wildman–Crippen MR) is 72.0 cm³/mol. The normalized spacial score (nSPS) is 24.8. The molecule has 2 heterocycles. The minimum absolute atomic E-state index is 0.148. The molecule has 0 aliphatic carbocycles. The van der Waals surface area contributed by atoms with Crippen LogP contribution in [0.5, 0.6) is 0 Å². The molecule has 1 aromatic rings. The lowest BCUT2D eigenvalue weighted by atomic mass is 9.94. The Hall–Kier alpha value is -1.41. The van der Waals surface area contributed by atoms with Crippen molar-refractivity contribution in [1.82, 2.24) is 14.5 Å². The molecule has 0 saturated carbocycles. The molecule has 2 atom stereocenters. The Morgan fingerprint density at radius 3 is 2.70 bits per heavy atom. The monoisotopic (exact) mass is 301 g/mol. The average Bonchev–Trinajstić information content (AvgIpc) is 2.75. The highest BCUT2D eigenvalue weighted by Gasteiger charge is 2.38. The van der Waals surface area contributed by atoms with Gasteiger partial charge in [-0.25, -0.2) is 13.2 Å². The molecule has 0 spiro atoms. The van der Waals surface area contributed by atoms with Crippen molar-refractivity contribution in [3.05, 3.63) is 11.4 Å². The summed E-state index contributed by atoms with van der Waals surface area (Å²) in [4.78, 5) is 10.9. The van der Waals surface area contributed by atoms with E-state index in [0.29, 0.717) is 6.54 Å². The number of aromatic nitrogens is 2. The summed E-state index contributed by atoms with van der Waals surface area (Å²) in [5.41, 5.74) is -0.180. The summed E-state index contributed by atoms with van der Waals surface area (Å²) in [5.74, 6) is -1.09. The van der Waals surface area contributed by atoms with E-state index in [2.05, 4.69) is 10.2 Å². The Labute approximate surface area is 118 Å². The Balaban J connectivity index is 2.50. The highest BCUT2D eigenvalue weighted by Crippen LogP contribution is 2.30. The van der Waals surface area contributed by atoms with Crippen molar-refractivity contribution >= 4 is 16.0 Å². The maximum absolute atomic E-state index is 12.8. The maximum atomic E-state index is 12.8. The minimum atomic E-state index is -3.85. The van der Waals surface area contributed by atoms with E-state index in [1.165, 1.54) is 11.2 Å². The van der Waals surface area contributed by atoms with Crippen LogP contribution in [-0.4, -0.2) is 46.6 Å². The molecule has 1 fully saturated rings. The number of sulfonamides is 1. The van der Waals surface area contributed by atoms with E-state index in [4.69, 9.17) is 5.11 Å². The van der Waals surface area contributed by atoms with Crippen LogP contribution in [0.3, 0.4) is 0 Å². The van der Waals surface area contributed by atoms with Gasteiger partial charge in [-0.3, -0.25) is 5.10 Å². The summed E-state index contributed by atoms with van der Waals surface area (Å²) in [7, 11) is -3.85. The van der Waals surface area contributed by atoms with Crippen molar-refractivity contribution in [1.29, 1.82) is 0 Å². The topological polar surface area (TPSA) is 103 Å². The van der Waals surface area contributed by atoms with Crippen LogP contribution in [0.25, 0.3) is 0 Å². The second kappa shape index (κ2) is 5.17. The Morgan fingerprint density at radius 1 is 1.45 bits per heavy atom. The zero-order valence-electron chi connectivity index (χ0n) is 11.8. The molecule has 0 aromatic carbocycles. The highest BCUT2D eigenvalue weighted by atomic mass is 32.2. The zero-order valence-corrected chi connectivity index (χ0v) is 12.6. The van der Waals surface area contributed by atoms with E-state index in [1.807, 2.05) is 13.8 Å². The Morgan fingerprint density at radius 2 is 2.10 bits per heavy atom. The van der Waals surface area contributed by atoms with E-state index in [-0.39, 0.29) is 22.5 Å². The van der Waals surface area contributed by atoms with Gasteiger partial charge in [-0.15, -0.1) is 0 Å². The van der Waals surface area contributed by atoms with Crippen LogP contribution in [0, 0.1) is 12.8 Å². The molecule has 2 N–H and O–H groups in total. The number of rotatable bonds is 3. The van der Waals surface area contributed by atoms with Crippen LogP contribution in [-0.2, 0) is 10.0 Å². The molecular weight excluding hydrogens is 282 g/mol. The first-order chi connectivity index (χ1) is 9.26. The first-order valence-corrected chi connectivity index (χ1v) is 8.01. The molecule has 0 radical (unpaired) electrons. The number of H-pyrrole nitrogens is 1. The predicted octanol–water partition coefficient (Wildman–Crippen LogP) is 1.23. The Kier molecular flexibility index (Phi) is 3.88. The standard InChI is InChI=1S/C12H19N3O4S/c1-7-5-4-6-15(9(7)3)20(18,19)11-8(2)13-14-10(11)12(16)17/h7,9H,4-6H2,1-3H3,(H,13,14)(H,16,17). The quantitative estimate of drug-likeness (QED) is 0.873. The smallest absolute Gasteiger partial charge is 0.357 e. The van der Waals surface area contributed by atoms with E-state index in [0.717, 1.165) is 12.8 Å². The van der Waals surface area contributed by atoms with E-state index in [1.54, 1.807) is 0 Å². The molecule has 20 heavy (non-hydrogen) atoms. The largest absolute Gasteiger partial charge is 0.476 e. The number of nitrogens with zero attached hydrogens (tertiary/aromatic N) is 2. The molecule has 2 rings (SSSR count). The summed E-state index contributed by atoms with van der Waals surface area (Å²) in [6.07, 6.45) is 1.76. The second-order valence-electron chi connectivity index (χ2n) is 5.31. The summed E-state index contributed by atoms with van der Waals surface area (Å²) in [6, 6.07) is -0.148. The van der Waals surface area contributed by atoms with Crippen LogP contribution in [0.2, 0.25) is 0 Å². The van der Waals surface area contributed by atoms with Crippen LogP contribution in [0.1, 0.15) is 42.9 Å². The minimum Gasteiger partial charge on any atom is -0.476 e. The Bertz CT molecular complexity index is 623. The second-order valence-corrected chi connectivity index (χ2v) is 7.13. The van der Waals surface area contributed by atoms with Gasteiger partial charge in [-0.2, -0.15) is 9.40 Å². The number of aromatic amines is 1. The summed E-state index contributed by atoms with van der Waals surface area (Å²) >= 11 is 0. The van der Waals surface area contributed by atoms with Gasteiger partial charge in [0.25, 0.3) is 0 Å². The van der Waals surface area contributed by atoms with Crippen LogP contribution in [0.15, 0.2) is 4.90 Å². The fourth-order valence-corrected chi connectivity index (χ4v) is 4.69. The molecule has 1 saturated heterocycles. The molecule has 2 unspecified atom stereocenters. The molecule has 1 aliphatic rings. The van der Waals surface area contributed by atoms with Crippen LogP contribution < -0.4 is 0 Å². The number of nitrogens with one attached hydrogen (secondary N) is 1. The lowest BCUT2D eigenvalue weighted by molar-refractivity contribution is 0.0685. The summed E-state index contributed by atoms with van der Waals surface area (Å²) < 4.78 is 26.9. The third-order valence-electron chi connectivity index (χ3n) is 3.98. The van der Waals surface area contributed by atoms with Crippen molar-refractivity contribution in [2.75, 3.05) is 6.54 Å². The van der Waals surface area contributed by atoms with Crippen molar-refractivity contribution in [2.45, 2.75) is 44.6 Å². The maximum Gasteiger partial charge on any atom is 0.357 e. The fraction of sp³-hybridized carbons (Fsp3) is 0.667. The average molecular weight is 301 g/mol. The van der Waals surface area contributed by atoms with Gasteiger partial charge in [-0.1, -0.05) is 6.92 Å². The lowest BCUT2D eigenvalue weighted by Crippen LogP contribution is -2.46. The van der Waals surface area contributed by atoms with Crippen LogP contribution in [0.4, 0.5) is 0 Å². The zero-order chi connectivity index (χ0) is 15.1. The number of piperidine rings is 1. The third kappa shape index (κ3) is 2.33. The molecular formula is C12H19N3O4S. The number of aromatic carboxylic acids is 1. The van der Waals surface area contributed by atoms with Gasteiger partial charge in [0, 0.05) is 12.6 Å². The molecule has 0 amide bonds. The van der Waals surface area contributed by atoms with Gasteiger partial charge in [0.15, 0.2) is 5.69 Å². The highest BCUT2D eigenvalue weighted by molar-refractivity contribution is 7.89. The van der Waals surface area contributed by atoms with Crippen molar-refractivity contribution in [3.8, 4) is 0 Å². The van der Waals surface area contributed by atoms with Gasteiger partial charge < -0.3 is 5.11 Å². The van der Waals surface area contributed by atoms with E-state index >= 15 is 0 Å². The number of carboxylic acids is 1. The molecule has 0 bridgehead atoms. The van der Waals surface area contributed by atoms with Gasteiger partial charge >= 0.3 is 5.97 Å². The molecule has 112 valence electrons. The number of hydrogen-bond acceptors (Lipinski definition) is 4. The number of carbonyl (C=O) groups is 1. The molecule has 8 heteroatoms. The van der Waals surface area contributed by atoms with E-state index < -0.39 is 21.7 Å². The first-order valence-electron chi connectivity index (χ1n) is 6.57. The van der Waals surface area contributed by atoms with Gasteiger partial charge in [-0.05, 0) is 32.6 Å². The fourth-order valence-electron chi connectivity index (χ4n) is 2.63.